The van der Waals surface area contributed by atoms with Crippen LogP contribution in [0.1, 0.15) is 19.4 Å². The molecule has 2 aliphatic rings. The average Bonchev–Trinajstić information content (AvgIpc) is 3.37. The van der Waals surface area contributed by atoms with Crippen molar-refractivity contribution in [2.24, 2.45) is 0 Å². The number of anilines is 3. The SMILES string of the molecule is CCN(CC)c1ccc(NC(=O)CN2CCN(c3ccc4c(c3)OCO4)C2=O)c(C)c1. The Labute approximate surface area is 182 Å². The van der Waals surface area contributed by atoms with Crippen LogP contribution in [0.4, 0.5) is 21.9 Å². The molecule has 2 aromatic carbocycles. The third kappa shape index (κ3) is 4.23. The van der Waals surface area contributed by atoms with Gasteiger partial charge in [0.1, 0.15) is 6.54 Å². The molecule has 2 aliphatic heterocycles. The maximum absolute atomic E-state index is 12.8. The summed E-state index contributed by atoms with van der Waals surface area (Å²) in [5.74, 6) is 1.10. The number of benzene rings is 2. The van der Waals surface area contributed by atoms with Gasteiger partial charge in [0.25, 0.3) is 0 Å². The molecule has 1 saturated heterocycles. The van der Waals surface area contributed by atoms with E-state index in [1.165, 1.54) is 0 Å². The van der Waals surface area contributed by atoms with E-state index in [-0.39, 0.29) is 25.3 Å². The van der Waals surface area contributed by atoms with E-state index >= 15 is 0 Å². The average molecular weight is 425 g/mol. The molecule has 2 heterocycles. The molecule has 0 unspecified atom stereocenters. The first-order valence-electron chi connectivity index (χ1n) is 10.6. The van der Waals surface area contributed by atoms with Gasteiger partial charge in [0.15, 0.2) is 11.5 Å². The van der Waals surface area contributed by atoms with Gasteiger partial charge >= 0.3 is 6.03 Å². The topological polar surface area (TPSA) is 74.4 Å². The zero-order valence-corrected chi connectivity index (χ0v) is 18.2. The summed E-state index contributed by atoms with van der Waals surface area (Å²) in [5, 5.41) is 2.94. The molecule has 0 aromatic heterocycles. The van der Waals surface area contributed by atoms with Gasteiger partial charge in [-0.05, 0) is 56.7 Å². The first-order chi connectivity index (χ1) is 15.0. The summed E-state index contributed by atoms with van der Waals surface area (Å²) in [6.07, 6.45) is 0. The molecule has 8 heteroatoms. The van der Waals surface area contributed by atoms with Crippen molar-refractivity contribution >= 4 is 29.0 Å². The number of aryl methyl sites for hydroxylation is 1. The van der Waals surface area contributed by atoms with E-state index in [9.17, 15) is 9.59 Å². The van der Waals surface area contributed by atoms with Crippen molar-refractivity contribution in [3.63, 3.8) is 0 Å². The highest BCUT2D eigenvalue weighted by Gasteiger charge is 2.31. The molecular weight excluding hydrogens is 396 g/mol. The number of carbonyl (C=O) groups excluding carboxylic acids is 2. The standard InChI is InChI=1S/C23H28N4O4/c1-4-25(5-2)17-6-8-19(16(3)12-17)24-22(28)14-26-10-11-27(23(26)29)18-7-9-20-21(13-18)31-15-30-20/h6-9,12-13H,4-5,10-11,14-15H2,1-3H3,(H,24,28). The van der Waals surface area contributed by atoms with E-state index < -0.39 is 0 Å². The molecule has 8 nitrogen and oxygen atoms in total. The van der Waals surface area contributed by atoms with E-state index in [1.54, 1.807) is 21.9 Å². The summed E-state index contributed by atoms with van der Waals surface area (Å²) in [6, 6.07) is 11.2. The van der Waals surface area contributed by atoms with Crippen molar-refractivity contribution < 1.29 is 19.1 Å². The van der Waals surface area contributed by atoms with E-state index in [0.29, 0.717) is 24.6 Å². The van der Waals surface area contributed by atoms with Gasteiger partial charge in [-0.1, -0.05) is 0 Å². The van der Waals surface area contributed by atoms with Crippen molar-refractivity contribution in [3.05, 3.63) is 42.0 Å². The van der Waals surface area contributed by atoms with E-state index in [2.05, 4.69) is 30.1 Å². The molecule has 0 bridgehead atoms. The fourth-order valence-corrected chi connectivity index (χ4v) is 3.96. The number of rotatable bonds is 7. The Kier molecular flexibility index (Phi) is 5.88. The highest BCUT2D eigenvalue weighted by molar-refractivity contribution is 5.99. The molecule has 0 aliphatic carbocycles. The van der Waals surface area contributed by atoms with Gasteiger partial charge in [0.05, 0.1) is 0 Å². The smallest absolute Gasteiger partial charge is 0.325 e. The molecule has 3 amide bonds. The normalized spacial score (nSPS) is 14.9. The van der Waals surface area contributed by atoms with Gasteiger partial charge in [-0.3, -0.25) is 9.69 Å². The van der Waals surface area contributed by atoms with Gasteiger partial charge in [-0.25, -0.2) is 4.79 Å². The second-order valence-electron chi connectivity index (χ2n) is 7.61. The second-order valence-corrected chi connectivity index (χ2v) is 7.61. The Hall–Kier alpha value is -3.42. The predicted molar refractivity (Wildman–Crippen MR) is 120 cm³/mol. The molecule has 2 aromatic rings. The maximum Gasteiger partial charge on any atom is 0.325 e. The first kappa shape index (κ1) is 20.8. The first-order valence-corrected chi connectivity index (χ1v) is 10.6. The molecule has 0 atom stereocenters. The van der Waals surface area contributed by atoms with Gasteiger partial charge < -0.3 is 24.6 Å². The van der Waals surface area contributed by atoms with Gasteiger partial charge in [-0.15, -0.1) is 0 Å². The molecular formula is C23H28N4O4. The third-order valence-corrected chi connectivity index (χ3v) is 5.71. The lowest BCUT2D eigenvalue weighted by Gasteiger charge is -2.22. The van der Waals surface area contributed by atoms with E-state index in [0.717, 1.165) is 35.7 Å². The van der Waals surface area contributed by atoms with Crippen LogP contribution in [0.25, 0.3) is 0 Å². The maximum atomic E-state index is 12.8. The third-order valence-electron chi connectivity index (χ3n) is 5.71. The van der Waals surface area contributed by atoms with Crippen molar-refractivity contribution in [2.75, 3.05) is 54.6 Å². The summed E-state index contributed by atoms with van der Waals surface area (Å²) in [7, 11) is 0. The molecule has 0 saturated carbocycles. The fourth-order valence-electron chi connectivity index (χ4n) is 3.96. The number of urea groups is 1. The molecule has 0 spiro atoms. The minimum atomic E-state index is -0.209. The number of hydrogen-bond donors (Lipinski definition) is 1. The summed E-state index contributed by atoms with van der Waals surface area (Å²) in [5.41, 5.74) is 3.63. The van der Waals surface area contributed by atoms with Crippen LogP contribution in [0.15, 0.2) is 36.4 Å². The van der Waals surface area contributed by atoms with Crippen LogP contribution in [-0.4, -0.2) is 56.4 Å². The van der Waals surface area contributed by atoms with Gasteiger partial charge in [0.2, 0.25) is 12.7 Å². The molecule has 0 radical (unpaired) electrons. The van der Waals surface area contributed by atoms with Gasteiger partial charge in [0, 0.05) is 49.3 Å². The van der Waals surface area contributed by atoms with Crippen molar-refractivity contribution in [3.8, 4) is 11.5 Å². The minimum absolute atomic E-state index is 0.0110. The Balaban J connectivity index is 1.38. The van der Waals surface area contributed by atoms with Crippen LogP contribution >= 0.6 is 0 Å². The van der Waals surface area contributed by atoms with Crippen LogP contribution in [0.5, 0.6) is 11.5 Å². The number of fused-ring (bicyclic) bond motifs is 1. The highest BCUT2D eigenvalue weighted by atomic mass is 16.7. The molecule has 164 valence electrons. The number of nitrogens with zero attached hydrogens (tertiary/aromatic N) is 3. The van der Waals surface area contributed by atoms with Gasteiger partial charge in [-0.2, -0.15) is 0 Å². The summed E-state index contributed by atoms with van der Waals surface area (Å²) < 4.78 is 10.7. The van der Waals surface area contributed by atoms with Crippen molar-refractivity contribution in [1.82, 2.24) is 4.90 Å². The Bertz CT molecular complexity index is 990. The number of ether oxygens (including phenoxy) is 2. The van der Waals surface area contributed by atoms with Crippen LogP contribution < -0.4 is 24.6 Å². The van der Waals surface area contributed by atoms with Crippen molar-refractivity contribution in [2.45, 2.75) is 20.8 Å². The van der Waals surface area contributed by atoms with E-state index in [4.69, 9.17) is 9.47 Å². The quantitative estimate of drug-likeness (QED) is 0.737. The Morgan fingerprint density at radius 1 is 1.06 bits per heavy atom. The Morgan fingerprint density at radius 3 is 2.58 bits per heavy atom. The largest absolute Gasteiger partial charge is 0.454 e. The minimum Gasteiger partial charge on any atom is -0.454 e. The van der Waals surface area contributed by atoms with Crippen LogP contribution in [0.2, 0.25) is 0 Å². The zero-order chi connectivity index (χ0) is 22.0. The number of carbonyl (C=O) groups is 2. The lowest BCUT2D eigenvalue weighted by molar-refractivity contribution is -0.116. The zero-order valence-electron chi connectivity index (χ0n) is 18.2. The van der Waals surface area contributed by atoms with Crippen LogP contribution in [-0.2, 0) is 4.79 Å². The molecule has 31 heavy (non-hydrogen) atoms. The summed E-state index contributed by atoms with van der Waals surface area (Å²) in [4.78, 5) is 30.9. The lowest BCUT2D eigenvalue weighted by Crippen LogP contribution is -2.37. The van der Waals surface area contributed by atoms with Crippen molar-refractivity contribution in [1.29, 1.82) is 0 Å². The van der Waals surface area contributed by atoms with E-state index in [1.807, 2.05) is 25.1 Å². The second kappa shape index (κ2) is 8.75. The van der Waals surface area contributed by atoms with Crippen LogP contribution in [0, 0.1) is 6.92 Å². The molecule has 1 N–H and O–H groups in total. The fraction of sp³-hybridized carbons (Fsp3) is 0.391. The van der Waals surface area contributed by atoms with Crippen LogP contribution in [0.3, 0.4) is 0 Å². The Morgan fingerprint density at radius 2 is 1.84 bits per heavy atom. The summed E-state index contributed by atoms with van der Waals surface area (Å²) in [6.45, 7) is 9.28. The molecule has 1 fully saturated rings. The summed E-state index contributed by atoms with van der Waals surface area (Å²) >= 11 is 0. The number of hydrogen-bond acceptors (Lipinski definition) is 5. The number of amides is 3. The number of nitrogens with one attached hydrogen (secondary N) is 1. The molecule has 4 rings (SSSR count). The lowest BCUT2D eigenvalue weighted by atomic mass is 10.1. The monoisotopic (exact) mass is 424 g/mol. The highest BCUT2D eigenvalue weighted by Crippen LogP contribution is 2.36. The predicted octanol–water partition coefficient (Wildman–Crippen LogP) is 3.45.